The molecule has 4 aliphatic heterocycles. The standard InChI is InChI=1S/C38H34F6N6O3/c1-2-25-27(40)9-6-20-12-24(51)13-26(28(20)25)32-30(41)33-29(31(45-32)19-4-5-19)34(48-16-22-7-8-23(17-48)50(22)35(52)38(42,43)44)47-36(46-33)53-18-37-10-3-11-49(37)15-21(39)14-37/h1,6,9,12-13,19,21-23,51H,3-5,7-8,10-11,14-18H2/t21-,22?,23?,37+/m0/s1. The van der Waals surface area contributed by atoms with Crippen molar-refractivity contribution in [2.75, 3.05) is 37.7 Å². The van der Waals surface area contributed by atoms with E-state index in [0.717, 1.165) is 11.3 Å². The number of benzene rings is 2. The van der Waals surface area contributed by atoms with Crippen molar-refractivity contribution in [2.45, 2.75) is 80.8 Å². The lowest BCUT2D eigenvalue weighted by molar-refractivity contribution is -0.188. The molecule has 4 saturated heterocycles. The van der Waals surface area contributed by atoms with E-state index in [1.54, 1.807) is 4.90 Å². The normalized spacial score (nSPS) is 25.7. The van der Waals surface area contributed by atoms with E-state index >= 15 is 8.78 Å². The second kappa shape index (κ2) is 12.1. The Morgan fingerprint density at radius 2 is 1.79 bits per heavy atom. The molecule has 4 atom stereocenters. The smallest absolute Gasteiger partial charge is 0.471 e. The Bertz CT molecular complexity index is 2230. The van der Waals surface area contributed by atoms with Crippen molar-refractivity contribution in [3.63, 3.8) is 0 Å². The first kappa shape index (κ1) is 34.0. The molecule has 2 aromatic heterocycles. The molecule has 4 aromatic rings. The molecule has 6 heterocycles. The third kappa shape index (κ3) is 5.51. The zero-order valence-corrected chi connectivity index (χ0v) is 28.4. The number of phenols is 1. The van der Waals surface area contributed by atoms with Gasteiger partial charge in [0.1, 0.15) is 41.4 Å². The molecule has 2 bridgehead atoms. The van der Waals surface area contributed by atoms with Gasteiger partial charge in [0, 0.05) is 42.9 Å². The van der Waals surface area contributed by atoms with Crippen molar-refractivity contribution < 1.29 is 41.0 Å². The average Bonchev–Trinajstić information content (AvgIpc) is 3.75. The second-order valence-electron chi connectivity index (χ2n) is 15.0. The summed E-state index contributed by atoms with van der Waals surface area (Å²) in [5, 5.41) is 11.5. The Balaban J connectivity index is 1.22. The van der Waals surface area contributed by atoms with Gasteiger partial charge in [0.2, 0.25) is 0 Å². The predicted octanol–water partition coefficient (Wildman–Crippen LogP) is 6.38. The fourth-order valence-corrected chi connectivity index (χ4v) is 9.24. The van der Waals surface area contributed by atoms with Crippen LogP contribution in [-0.2, 0) is 4.79 Å². The third-order valence-corrected chi connectivity index (χ3v) is 11.7. The van der Waals surface area contributed by atoms with E-state index in [1.807, 2.05) is 0 Å². The number of amides is 1. The SMILES string of the molecule is C#Cc1c(F)ccc2cc(O)cc(-c3nc(C4CC4)c4c(N5CC6CCC(C5)N6C(=O)C(F)(F)F)nc(OC[C@]56CCCN5C[C@@H](F)C6)nc4c3F)c12. The Hall–Kier alpha value is -4.84. The highest BCUT2D eigenvalue weighted by Gasteiger charge is 2.53. The fourth-order valence-electron chi connectivity index (χ4n) is 9.24. The number of nitrogens with zero attached hydrogens (tertiary/aromatic N) is 6. The summed E-state index contributed by atoms with van der Waals surface area (Å²) in [6.45, 7) is 1.03. The number of phenolic OH excluding ortho intramolecular Hbond substituents is 1. The second-order valence-corrected chi connectivity index (χ2v) is 15.0. The van der Waals surface area contributed by atoms with Crippen molar-refractivity contribution in [1.82, 2.24) is 24.8 Å². The summed E-state index contributed by atoms with van der Waals surface area (Å²) in [5.41, 5.74) is -0.638. The molecule has 1 amide bonds. The molecule has 1 aliphatic carbocycles. The number of alkyl halides is 4. The van der Waals surface area contributed by atoms with E-state index in [4.69, 9.17) is 21.1 Å². The van der Waals surface area contributed by atoms with Crippen molar-refractivity contribution in [1.29, 1.82) is 0 Å². The van der Waals surface area contributed by atoms with Gasteiger partial charge < -0.3 is 19.6 Å². The number of rotatable bonds is 6. The molecule has 5 fully saturated rings. The molecule has 276 valence electrons. The lowest BCUT2D eigenvalue weighted by atomic mass is 9.95. The lowest BCUT2D eigenvalue weighted by Crippen LogP contribution is -2.59. The number of terminal acetylenes is 1. The third-order valence-electron chi connectivity index (χ3n) is 11.7. The summed E-state index contributed by atoms with van der Waals surface area (Å²) in [6, 6.07) is 3.52. The van der Waals surface area contributed by atoms with Crippen molar-refractivity contribution in [3.8, 4) is 35.4 Å². The van der Waals surface area contributed by atoms with Gasteiger partial charge >= 0.3 is 18.1 Å². The van der Waals surface area contributed by atoms with Gasteiger partial charge in [-0.15, -0.1) is 6.42 Å². The Morgan fingerprint density at radius 1 is 1.04 bits per heavy atom. The van der Waals surface area contributed by atoms with Crippen molar-refractivity contribution in [3.05, 3.63) is 47.2 Å². The van der Waals surface area contributed by atoms with Crippen LogP contribution in [-0.4, -0.2) is 98.5 Å². The quantitative estimate of drug-likeness (QED) is 0.180. The number of carbonyl (C=O) groups excluding carboxylic acids is 1. The monoisotopic (exact) mass is 736 g/mol. The van der Waals surface area contributed by atoms with E-state index in [1.165, 1.54) is 24.3 Å². The maximum absolute atomic E-state index is 17.3. The van der Waals surface area contributed by atoms with Crippen LogP contribution in [0.15, 0.2) is 24.3 Å². The van der Waals surface area contributed by atoms with Crippen LogP contribution in [0, 0.1) is 24.0 Å². The summed E-state index contributed by atoms with van der Waals surface area (Å²) in [5.74, 6) is -1.33. The highest BCUT2D eigenvalue weighted by atomic mass is 19.4. The van der Waals surface area contributed by atoms with E-state index < -0.39 is 47.5 Å². The number of halogens is 6. The summed E-state index contributed by atoms with van der Waals surface area (Å²) < 4.78 is 94.1. The molecular weight excluding hydrogens is 702 g/mol. The Labute approximate surface area is 299 Å². The first-order valence-electron chi connectivity index (χ1n) is 17.8. The minimum atomic E-state index is -5.03. The zero-order chi connectivity index (χ0) is 37.0. The summed E-state index contributed by atoms with van der Waals surface area (Å²) >= 11 is 0. The summed E-state index contributed by atoms with van der Waals surface area (Å²) in [6.07, 6.45) is 3.60. The van der Waals surface area contributed by atoms with Gasteiger partial charge in [0.15, 0.2) is 5.82 Å². The van der Waals surface area contributed by atoms with E-state index in [0.29, 0.717) is 49.7 Å². The van der Waals surface area contributed by atoms with Gasteiger partial charge in [-0.25, -0.2) is 18.2 Å². The van der Waals surface area contributed by atoms with Crippen LogP contribution in [0.5, 0.6) is 11.8 Å². The van der Waals surface area contributed by atoms with Crippen molar-refractivity contribution >= 4 is 33.4 Å². The van der Waals surface area contributed by atoms with Crippen LogP contribution in [0.1, 0.15) is 62.1 Å². The number of hydrogen-bond acceptors (Lipinski definition) is 8. The lowest BCUT2D eigenvalue weighted by Gasteiger charge is -2.42. The zero-order valence-electron chi connectivity index (χ0n) is 28.4. The molecule has 0 radical (unpaired) electrons. The Kier molecular flexibility index (Phi) is 7.75. The average molecular weight is 737 g/mol. The Morgan fingerprint density at radius 3 is 2.49 bits per heavy atom. The highest BCUT2D eigenvalue weighted by molar-refractivity contribution is 6.03. The van der Waals surface area contributed by atoms with Gasteiger partial charge in [-0.05, 0) is 68.7 Å². The van der Waals surface area contributed by atoms with Crippen LogP contribution in [0.25, 0.3) is 32.9 Å². The molecule has 5 aliphatic rings. The molecule has 2 aromatic carbocycles. The molecule has 53 heavy (non-hydrogen) atoms. The summed E-state index contributed by atoms with van der Waals surface area (Å²) in [4.78, 5) is 31.4. The highest BCUT2D eigenvalue weighted by Crippen LogP contribution is 2.49. The van der Waals surface area contributed by atoms with Gasteiger partial charge in [-0.3, -0.25) is 9.69 Å². The number of carbonyl (C=O) groups is 1. The number of anilines is 1. The number of aromatic hydroxyl groups is 1. The molecular formula is C38H34F6N6O3. The van der Waals surface area contributed by atoms with Gasteiger partial charge in [-0.2, -0.15) is 23.1 Å². The van der Waals surface area contributed by atoms with Gasteiger partial charge in [0.25, 0.3) is 0 Å². The maximum atomic E-state index is 17.3. The van der Waals surface area contributed by atoms with Gasteiger partial charge in [-0.1, -0.05) is 12.0 Å². The topological polar surface area (TPSA) is 94.9 Å². The number of ether oxygens (including phenoxy) is 1. The largest absolute Gasteiger partial charge is 0.508 e. The molecule has 9 nitrogen and oxygen atoms in total. The van der Waals surface area contributed by atoms with Crippen LogP contribution in [0.4, 0.5) is 32.2 Å². The fraction of sp³-hybridized carbons (Fsp3) is 0.474. The van der Waals surface area contributed by atoms with Gasteiger partial charge in [0.05, 0.1) is 34.3 Å². The van der Waals surface area contributed by atoms with Crippen LogP contribution < -0.4 is 9.64 Å². The number of piperazine rings is 1. The first-order valence-corrected chi connectivity index (χ1v) is 17.8. The number of fused-ring (bicyclic) bond motifs is 5. The van der Waals surface area contributed by atoms with E-state index in [9.17, 15) is 27.5 Å². The number of aromatic nitrogens is 3. The van der Waals surface area contributed by atoms with Crippen LogP contribution in [0.3, 0.4) is 0 Å². The van der Waals surface area contributed by atoms with Crippen molar-refractivity contribution in [2.24, 2.45) is 0 Å². The maximum Gasteiger partial charge on any atom is 0.471 e. The molecule has 1 saturated carbocycles. The number of hydrogen-bond donors (Lipinski definition) is 1. The molecule has 0 spiro atoms. The minimum Gasteiger partial charge on any atom is -0.508 e. The van der Waals surface area contributed by atoms with E-state index in [-0.39, 0.29) is 89.3 Å². The predicted molar refractivity (Wildman–Crippen MR) is 182 cm³/mol. The molecule has 2 unspecified atom stereocenters. The minimum absolute atomic E-state index is 0.000594. The van der Waals surface area contributed by atoms with Crippen LogP contribution >= 0.6 is 0 Å². The summed E-state index contributed by atoms with van der Waals surface area (Å²) in [7, 11) is 0. The molecule has 1 N–H and O–H groups in total. The molecule has 9 rings (SSSR count). The van der Waals surface area contributed by atoms with E-state index in [2.05, 4.69) is 15.8 Å². The molecule has 15 heteroatoms. The first-order chi connectivity index (χ1) is 25.3. The number of pyridine rings is 1. The van der Waals surface area contributed by atoms with Crippen LogP contribution in [0.2, 0.25) is 0 Å².